The number of nitrogens with zero attached hydrogens (tertiary/aromatic N) is 2. The zero-order chi connectivity index (χ0) is 18.0. The highest BCUT2D eigenvalue weighted by atomic mass is 35.5. The molecule has 1 atom stereocenters. The SMILES string of the molecule is CN=C(NCCc1cc(Cl)c2c(c1)OCCO2)N1CCC2(CCOC2)C1. The van der Waals surface area contributed by atoms with Crippen molar-refractivity contribution in [2.45, 2.75) is 19.3 Å². The van der Waals surface area contributed by atoms with E-state index in [9.17, 15) is 0 Å². The highest BCUT2D eigenvalue weighted by Crippen LogP contribution is 2.39. The Hall–Kier alpha value is -1.66. The molecule has 2 saturated heterocycles. The Bertz CT molecular complexity index is 689. The first-order valence-electron chi connectivity index (χ1n) is 9.30. The number of fused-ring (bicyclic) bond motifs is 1. The number of rotatable bonds is 3. The van der Waals surface area contributed by atoms with Crippen molar-refractivity contribution in [1.29, 1.82) is 0 Å². The van der Waals surface area contributed by atoms with Gasteiger partial charge in [-0.25, -0.2) is 0 Å². The lowest BCUT2D eigenvalue weighted by Gasteiger charge is -2.25. The molecule has 0 aliphatic carbocycles. The van der Waals surface area contributed by atoms with Crippen molar-refractivity contribution < 1.29 is 14.2 Å². The molecule has 0 bridgehead atoms. The summed E-state index contributed by atoms with van der Waals surface area (Å²) in [5.74, 6) is 2.37. The van der Waals surface area contributed by atoms with E-state index in [1.807, 2.05) is 19.2 Å². The van der Waals surface area contributed by atoms with Crippen LogP contribution in [0.25, 0.3) is 0 Å². The average Bonchev–Trinajstić information content (AvgIpc) is 3.29. The lowest BCUT2D eigenvalue weighted by Crippen LogP contribution is -2.42. The van der Waals surface area contributed by atoms with Crippen LogP contribution in [-0.4, -0.2) is 64.0 Å². The Kier molecular flexibility index (Phi) is 5.14. The summed E-state index contributed by atoms with van der Waals surface area (Å²) in [6.07, 6.45) is 3.19. The van der Waals surface area contributed by atoms with Crippen LogP contribution in [0.1, 0.15) is 18.4 Å². The number of likely N-dealkylation sites (tertiary alicyclic amines) is 1. The Balaban J connectivity index is 1.33. The zero-order valence-electron chi connectivity index (χ0n) is 15.2. The van der Waals surface area contributed by atoms with Gasteiger partial charge in [0.05, 0.1) is 11.6 Å². The highest BCUT2D eigenvalue weighted by molar-refractivity contribution is 6.32. The van der Waals surface area contributed by atoms with Gasteiger partial charge in [-0.05, 0) is 37.0 Å². The molecule has 0 saturated carbocycles. The quantitative estimate of drug-likeness (QED) is 0.645. The van der Waals surface area contributed by atoms with E-state index in [-0.39, 0.29) is 0 Å². The average molecular weight is 380 g/mol. The normalized spacial score (nSPS) is 25.2. The third kappa shape index (κ3) is 3.58. The molecular formula is C19H26ClN3O3. The van der Waals surface area contributed by atoms with Crippen LogP contribution in [0.3, 0.4) is 0 Å². The molecule has 0 amide bonds. The first-order chi connectivity index (χ1) is 12.7. The van der Waals surface area contributed by atoms with Crippen molar-refractivity contribution in [3.8, 4) is 11.5 Å². The predicted molar refractivity (Wildman–Crippen MR) is 102 cm³/mol. The Labute approximate surface area is 159 Å². The van der Waals surface area contributed by atoms with E-state index >= 15 is 0 Å². The van der Waals surface area contributed by atoms with Gasteiger partial charge in [0.25, 0.3) is 0 Å². The number of benzene rings is 1. The number of nitrogens with one attached hydrogen (secondary N) is 1. The number of guanidine groups is 1. The number of hydrogen-bond acceptors (Lipinski definition) is 4. The molecule has 1 unspecified atom stereocenters. The van der Waals surface area contributed by atoms with E-state index in [1.165, 1.54) is 6.42 Å². The maximum absolute atomic E-state index is 6.32. The molecule has 7 heteroatoms. The Morgan fingerprint density at radius 3 is 2.96 bits per heavy atom. The van der Waals surface area contributed by atoms with Crippen LogP contribution in [-0.2, 0) is 11.2 Å². The molecule has 4 rings (SSSR count). The monoisotopic (exact) mass is 379 g/mol. The molecule has 1 aromatic rings. The largest absolute Gasteiger partial charge is 0.486 e. The number of hydrogen-bond donors (Lipinski definition) is 1. The molecule has 2 fully saturated rings. The molecule has 0 radical (unpaired) electrons. The molecule has 1 aromatic carbocycles. The molecule has 3 aliphatic rings. The van der Waals surface area contributed by atoms with E-state index in [0.29, 0.717) is 29.4 Å². The Morgan fingerprint density at radius 1 is 1.27 bits per heavy atom. The van der Waals surface area contributed by atoms with E-state index in [0.717, 1.165) is 63.0 Å². The van der Waals surface area contributed by atoms with Crippen molar-refractivity contribution >= 4 is 17.6 Å². The molecule has 142 valence electrons. The molecule has 26 heavy (non-hydrogen) atoms. The minimum atomic E-state index is 0.334. The molecule has 3 heterocycles. The minimum Gasteiger partial charge on any atom is -0.486 e. The van der Waals surface area contributed by atoms with Crippen molar-refractivity contribution in [3.05, 3.63) is 22.7 Å². The van der Waals surface area contributed by atoms with Gasteiger partial charge in [-0.2, -0.15) is 0 Å². The predicted octanol–water partition coefficient (Wildman–Crippen LogP) is 2.34. The first kappa shape index (κ1) is 17.7. The topological polar surface area (TPSA) is 55.3 Å². The summed E-state index contributed by atoms with van der Waals surface area (Å²) in [4.78, 5) is 6.82. The van der Waals surface area contributed by atoms with Gasteiger partial charge >= 0.3 is 0 Å². The van der Waals surface area contributed by atoms with Crippen molar-refractivity contribution in [2.75, 3.05) is 53.1 Å². The van der Waals surface area contributed by atoms with Crippen LogP contribution in [0.5, 0.6) is 11.5 Å². The van der Waals surface area contributed by atoms with Crippen LogP contribution in [0.15, 0.2) is 17.1 Å². The van der Waals surface area contributed by atoms with Gasteiger partial charge in [-0.1, -0.05) is 11.6 Å². The Morgan fingerprint density at radius 2 is 2.15 bits per heavy atom. The van der Waals surface area contributed by atoms with Crippen molar-refractivity contribution in [3.63, 3.8) is 0 Å². The van der Waals surface area contributed by atoms with E-state index in [4.69, 9.17) is 25.8 Å². The summed E-state index contributed by atoms with van der Waals surface area (Å²) in [6.45, 7) is 5.76. The summed E-state index contributed by atoms with van der Waals surface area (Å²) in [5, 5.41) is 4.10. The van der Waals surface area contributed by atoms with Crippen LogP contribution in [0, 0.1) is 5.41 Å². The second kappa shape index (κ2) is 7.53. The molecule has 6 nitrogen and oxygen atoms in total. The van der Waals surface area contributed by atoms with Crippen molar-refractivity contribution in [2.24, 2.45) is 10.4 Å². The maximum atomic E-state index is 6.32. The number of halogens is 1. The molecule has 1 N–H and O–H groups in total. The van der Waals surface area contributed by atoms with Crippen LogP contribution in [0.2, 0.25) is 5.02 Å². The van der Waals surface area contributed by atoms with Gasteiger partial charge in [-0.15, -0.1) is 0 Å². The van der Waals surface area contributed by atoms with Crippen LogP contribution in [0.4, 0.5) is 0 Å². The van der Waals surface area contributed by atoms with E-state index in [2.05, 4.69) is 15.2 Å². The lowest BCUT2D eigenvalue weighted by molar-refractivity contribution is 0.156. The summed E-state index contributed by atoms with van der Waals surface area (Å²) < 4.78 is 16.8. The van der Waals surface area contributed by atoms with Gasteiger partial charge in [-0.3, -0.25) is 4.99 Å². The molecular weight excluding hydrogens is 354 g/mol. The standard InChI is InChI=1S/C19H26ClN3O3/c1-21-18(23-6-3-19(12-23)4-7-24-13-19)22-5-2-14-10-15(20)17-16(11-14)25-8-9-26-17/h10-11H,2-9,12-13H2,1H3,(H,21,22). The fourth-order valence-electron chi connectivity index (χ4n) is 4.05. The lowest BCUT2D eigenvalue weighted by atomic mass is 9.87. The number of ether oxygens (including phenoxy) is 3. The van der Waals surface area contributed by atoms with Crippen molar-refractivity contribution in [1.82, 2.24) is 10.2 Å². The highest BCUT2D eigenvalue weighted by Gasteiger charge is 2.42. The summed E-state index contributed by atoms with van der Waals surface area (Å²) in [5.41, 5.74) is 1.46. The van der Waals surface area contributed by atoms with Gasteiger partial charge in [0.1, 0.15) is 13.2 Å². The second-order valence-corrected chi connectivity index (χ2v) is 7.71. The van der Waals surface area contributed by atoms with Gasteiger partial charge in [0.15, 0.2) is 17.5 Å². The second-order valence-electron chi connectivity index (χ2n) is 7.30. The third-order valence-electron chi connectivity index (χ3n) is 5.49. The first-order valence-corrected chi connectivity index (χ1v) is 9.68. The fraction of sp³-hybridized carbons (Fsp3) is 0.632. The van der Waals surface area contributed by atoms with Crippen LogP contribution >= 0.6 is 11.6 Å². The van der Waals surface area contributed by atoms with Gasteiger partial charge < -0.3 is 24.4 Å². The van der Waals surface area contributed by atoms with Gasteiger partial charge in [0.2, 0.25) is 0 Å². The summed E-state index contributed by atoms with van der Waals surface area (Å²) in [7, 11) is 1.85. The molecule has 0 aromatic heterocycles. The van der Waals surface area contributed by atoms with E-state index < -0.39 is 0 Å². The molecule has 3 aliphatic heterocycles. The molecule has 1 spiro atoms. The minimum absolute atomic E-state index is 0.334. The maximum Gasteiger partial charge on any atom is 0.193 e. The van der Waals surface area contributed by atoms with Gasteiger partial charge in [0, 0.05) is 38.7 Å². The zero-order valence-corrected chi connectivity index (χ0v) is 16.0. The fourth-order valence-corrected chi connectivity index (χ4v) is 4.33. The van der Waals surface area contributed by atoms with Crippen LogP contribution < -0.4 is 14.8 Å². The summed E-state index contributed by atoms with van der Waals surface area (Å²) >= 11 is 6.32. The smallest absolute Gasteiger partial charge is 0.193 e. The third-order valence-corrected chi connectivity index (χ3v) is 5.77. The summed E-state index contributed by atoms with van der Waals surface area (Å²) in [6, 6.07) is 3.98. The van der Waals surface area contributed by atoms with E-state index in [1.54, 1.807) is 0 Å². The number of aliphatic imine (C=N–C) groups is 1.